The highest BCUT2D eigenvalue weighted by molar-refractivity contribution is 5.89. The standard InChI is InChI=1S/C21H25N7O3/c1-15-4-2-5-16(10-15)12-28-18(6-9-23-28)24-19(29)14-27-13-17(25-26-27)11-21(20(30)31)7-3-8-22-21/h2,4-6,9-10,13,22H,3,7-8,11-12,14H2,1H3,(H,24,29)(H,30,31). The molecule has 0 saturated carbocycles. The van der Waals surface area contributed by atoms with Crippen LogP contribution in [0.15, 0.2) is 42.7 Å². The van der Waals surface area contributed by atoms with Gasteiger partial charge in [-0.3, -0.25) is 9.59 Å². The van der Waals surface area contributed by atoms with E-state index in [0.717, 1.165) is 17.5 Å². The number of hydrogen-bond donors (Lipinski definition) is 3. The number of anilines is 1. The number of carbonyl (C=O) groups is 2. The summed E-state index contributed by atoms with van der Waals surface area (Å²) in [4.78, 5) is 24.2. The molecule has 1 aliphatic heterocycles. The van der Waals surface area contributed by atoms with Crippen molar-refractivity contribution >= 4 is 17.7 Å². The molecule has 1 aromatic carbocycles. The van der Waals surface area contributed by atoms with E-state index in [1.54, 1.807) is 23.1 Å². The first-order chi connectivity index (χ1) is 14.9. The molecule has 10 nitrogen and oxygen atoms in total. The van der Waals surface area contributed by atoms with Crippen molar-refractivity contribution in [2.45, 2.75) is 44.8 Å². The first-order valence-electron chi connectivity index (χ1n) is 10.2. The van der Waals surface area contributed by atoms with Crippen LogP contribution in [0.25, 0.3) is 0 Å². The van der Waals surface area contributed by atoms with Crippen molar-refractivity contribution < 1.29 is 14.7 Å². The SMILES string of the molecule is Cc1cccc(Cn2nccc2NC(=O)Cn2cc(CC3(C(=O)O)CCCN3)nn2)c1. The van der Waals surface area contributed by atoms with Gasteiger partial charge < -0.3 is 15.7 Å². The predicted molar refractivity (Wildman–Crippen MR) is 112 cm³/mol. The summed E-state index contributed by atoms with van der Waals surface area (Å²) >= 11 is 0. The van der Waals surface area contributed by atoms with E-state index in [1.807, 2.05) is 25.1 Å². The zero-order valence-corrected chi connectivity index (χ0v) is 17.3. The van der Waals surface area contributed by atoms with Gasteiger partial charge >= 0.3 is 5.97 Å². The number of benzene rings is 1. The van der Waals surface area contributed by atoms with Gasteiger partial charge in [-0.1, -0.05) is 35.0 Å². The van der Waals surface area contributed by atoms with Crippen molar-refractivity contribution in [3.8, 4) is 0 Å². The van der Waals surface area contributed by atoms with Gasteiger partial charge in [0.25, 0.3) is 0 Å². The van der Waals surface area contributed by atoms with Crippen molar-refractivity contribution in [2.24, 2.45) is 0 Å². The second-order valence-corrected chi connectivity index (χ2v) is 7.91. The Kier molecular flexibility index (Phi) is 5.81. The van der Waals surface area contributed by atoms with E-state index in [4.69, 9.17) is 0 Å². The molecule has 0 radical (unpaired) electrons. The normalized spacial score (nSPS) is 18.2. The van der Waals surface area contributed by atoms with Crippen molar-refractivity contribution in [3.63, 3.8) is 0 Å². The Hall–Kier alpha value is -3.53. The molecular weight excluding hydrogens is 398 g/mol. The van der Waals surface area contributed by atoms with E-state index in [0.29, 0.717) is 31.0 Å². The largest absolute Gasteiger partial charge is 0.480 e. The summed E-state index contributed by atoms with van der Waals surface area (Å²) in [5.74, 6) is -0.569. The number of nitrogens with zero attached hydrogens (tertiary/aromatic N) is 5. The first kappa shape index (κ1) is 20.7. The van der Waals surface area contributed by atoms with Gasteiger partial charge in [-0.25, -0.2) is 9.36 Å². The van der Waals surface area contributed by atoms with E-state index < -0.39 is 11.5 Å². The average molecular weight is 423 g/mol. The third-order valence-electron chi connectivity index (χ3n) is 5.43. The van der Waals surface area contributed by atoms with E-state index in [9.17, 15) is 14.7 Å². The zero-order valence-electron chi connectivity index (χ0n) is 17.3. The van der Waals surface area contributed by atoms with Crippen LogP contribution in [0.2, 0.25) is 0 Å². The highest BCUT2D eigenvalue weighted by atomic mass is 16.4. The fraction of sp³-hybridized carbons (Fsp3) is 0.381. The molecule has 2 aromatic heterocycles. The van der Waals surface area contributed by atoms with E-state index in [1.165, 1.54) is 4.68 Å². The van der Waals surface area contributed by atoms with Crippen LogP contribution in [-0.4, -0.2) is 53.8 Å². The van der Waals surface area contributed by atoms with Gasteiger partial charge in [-0.05, 0) is 31.9 Å². The number of carboxylic acid groups (broad SMARTS) is 1. The lowest BCUT2D eigenvalue weighted by Crippen LogP contribution is -2.49. The smallest absolute Gasteiger partial charge is 0.324 e. The number of amides is 1. The van der Waals surface area contributed by atoms with Crippen LogP contribution in [0.3, 0.4) is 0 Å². The minimum absolute atomic E-state index is 0.0316. The molecule has 0 aliphatic carbocycles. The van der Waals surface area contributed by atoms with E-state index in [2.05, 4.69) is 32.1 Å². The van der Waals surface area contributed by atoms with Crippen molar-refractivity contribution in [2.75, 3.05) is 11.9 Å². The Labute approximate surface area is 179 Å². The van der Waals surface area contributed by atoms with Crippen molar-refractivity contribution in [1.82, 2.24) is 30.1 Å². The van der Waals surface area contributed by atoms with Gasteiger partial charge in [0.2, 0.25) is 5.91 Å². The van der Waals surface area contributed by atoms with Gasteiger partial charge in [-0.2, -0.15) is 5.10 Å². The number of aliphatic carboxylic acids is 1. The van der Waals surface area contributed by atoms with Crippen molar-refractivity contribution in [3.05, 3.63) is 59.5 Å². The van der Waals surface area contributed by atoms with Gasteiger partial charge in [0.15, 0.2) is 0 Å². The van der Waals surface area contributed by atoms with E-state index in [-0.39, 0.29) is 18.9 Å². The fourth-order valence-corrected chi connectivity index (χ4v) is 3.90. The number of carboxylic acids is 1. The van der Waals surface area contributed by atoms with Gasteiger partial charge in [0, 0.05) is 18.7 Å². The summed E-state index contributed by atoms with van der Waals surface area (Å²) in [7, 11) is 0. The maximum absolute atomic E-state index is 12.5. The molecule has 3 aromatic rings. The highest BCUT2D eigenvalue weighted by Crippen LogP contribution is 2.23. The molecule has 3 heterocycles. The third kappa shape index (κ3) is 4.80. The Morgan fingerprint density at radius 2 is 2.19 bits per heavy atom. The monoisotopic (exact) mass is 423 g/mol. The first-order valence-corrected chi connectivity index (χ1v) is 10.2. The van der Waals surface area contributed by atoms with E-state index >= 15 is 0 Å². The minimum atomic E-state index is -1.01. The van der Waals surface area contributed by atoms with Crippen LogP contribution in [0, 0.1) is 6.92 Å². The van der Waals surface area contributed by atoms with Gasteiger partial charge in [-0.15, -0.1) is 5.10 Å². The molecule has 4 rings (SSSR count). The fourth-order valence-electron chi connectivity index (χ4n) is 3.90. The Morgan fingerprint density at radius 1 is 1.32 bits per heavy atom. The summed E-state index contributed by atoms with van der Waals surface area (Å²) in [6, 6.07) is 9.85. The summed E-state index contributed by atoms with van der Waals surface area (Å²) in [5, 5.41) is 27.8. The quantitative estimate of drug-likeness (QED) is 0.497. The van der Waals surface area contributed by atoms with Crippen LogP contribution in [0.1, 0.15) is 29.7 Å². The number of nitrogens with one attached hydrogen (secondary N) is 2. The Bertz CT molecular complexity index is 1080. The lowest BCUT2D eigenvalue weighted by Gasteiger charge is -2.22. The molecule has 0 spiro atoms. The molecule has 1 amide bonds. The third-order valence-corrected chi connectivity index (χ3v) is 5.43. The summed E-state index contributed by atoms with van der Waals surface area (Å²) in [5.41, 5.74) is 1.78. The molecule has 162 valence electrons. The molecule has 1 atom stereocenters. The minimum Gasteiger partial charge on any atom is -0.480 e. The van der Waals surface area contributed by atoms with Crippen LogP contribution in [0.4, 0.5) is 5.82 Å². The summed E-state index contributed by atoms with van der Waals surface area (Å²) < 4.78 is 3.14. The van der Waals surface area contributed by atoms with Crippen LogP contribution in [0.5, 0.6) is 0 Å². The molecule has 1 saturated heterocycles. The molecular formula is C21H25N7O3. The average Bonchev–Trinajstić information content (AvgIpc) is 3.46. The van der Waals surface area contributed by atoms with Crippen LogP contribution >= 0.6 is 0 Å². The van der Waals surface area contributed by atoms with Crippen LogP contribution in [-0.2, 0) is 29.1 Å². The highest BCUT2D eigenvalue weighted by Gasteiger charge is 2.41. The molecule has 0 bridgehead atoms. The maximum atomic E-state index is 12.5. The number of aromatic nitrogens is 5. The molecule has 1 aliphatic rings. The number of rotatable bonds is 8. The topological polar surface area (TPSA) is 127 Å². The number of aryl methyl sites for hydroxylation is 1. The number of carbonyl (C=O) groups excluding carboxylic acids is 1. The predicted octanol–water partition coefficient (Wildman–Crippen LogP) is 1.22. The maximum Gasteiger partial charge on any atom is 0.324 e. The van der Waals surface area contributed by atoms with Gasteiger partial charge in [0.05, 0.1) is 18.4 Å². The molecule has 1 fully saturated rings. The second-order valence-electron chi connectivity index (χ2n) is 7.91. The Balaban J connectivity index is 1.37. The molecule has 3 N–H and O–H groups in total. The summed E-state index contributed by atoms with van der Waals surface area (Å²) in [6.45, 7) is 3.21. The molecule has 1 unspecified atom stereocenters. The van der Waals surface area contributed by atoms with Gasteiger partial charge in [0.1, 0.15) is 17.9 Å². The Morgan fingerprint density at radius 3 is 2.94 bits per heavy atom. The van der Waals surface area contributed by atoms with Crippen molar-refractivity contribution in [1.29, 1.82) is 0 Å². The zero-order chi connectivity index (χ0) is 21.8. The number of hydrogen-bond acceptors (Lipinski definition) is 6. The second kappa shape index (κ2) is 8.68. The molecule has 31 heavy (non-hydrogen) atoms. The van der Waals surface area contributed by atoms with Crippen LogP contribution < -0.4 is 10.6 Å². The lowest BCUT2D eigenvalue weighted by molar-refractivity contribution is -0.144. The summed E-state index contributed by atoms with van der Waals surface area (Å²) in [6.07, 6.45) is 4.83. The lowest BCUT2D eigenvalue weighted by atomic mass is 9.92. The molecule has 10 heteroatoms.